The Morgan fingerprint density at radius 2 is 0.532 bits per heavy atom. The van der Waals surface area contributed by atoms with Crippen molar-refractivity contribution in [1.82, 2.24) is 0 Å². The average molecular weight is 871 g/mol. The summed E-state index contributed by atoms with van der Waals surface area (Å²) < 4.78 is 16.8. The summed E-state index contributed by atoms with van der Waals surface area (Å²) in [6.07, 6.45) is 59.8. The average Bonchev–Trinajstić information content (AvgIpc) is 3.27. The number of allylic oxidation sites excluding steroid dienone is 6. The Hall–Kier alpha value is -2.37. The molecule has 6 heteroatoms. The molecule has 0 saturated carbocycles. The second-order valence-corrected chi connectivity index (χ2v) is 18.1. The Morgan fingerprint density at radius 3 is 0.839 bits per heavy atom. The number of rotatable bonds is 49. The highest BCUT2D eigenvalue weighted by molar-refractivity contribution is 5.71. The van der Waals surface area contributed by atoms with Gasteiger partial charge in [-0.05, 0) is 96.3 Å². The summed E-state index contributed by atoms with van der Waals surface area (Å²) in [6.45, 7) is 6.61. The highest BCUT2D eigenvalue weighted by Crippen LogP contribution is 2.15. The summed E-state index contributed by atoms with van der Waals surface area (Å²) in [4.78, 5) is 38.0. The molecule has 0 aromatic carbocycles. The third-order valence-corrected chi connectivity index (χ3v) is 11.8. The van der Waals surface area contributed by atoms with Crippen molar-refractivity contribution < 1.29 is 28.6 Å². The summed E-state index contributed by atoms with van der Waals surface area (Å²) in [7, 11) is 0. The molecule has 1 atom stereocenters. The molecule has 0 rings (SSSR count). The lowest BCUT2D eigenvalue weighted by atomic mass is 10.1. The second kappa shape index (κ2) is 51.3. The lowest BCUT2D eigenvalue weighted by molar-refractivity contribution is -0.167. The van der Waals surface area contributed by atoms with E-state index in [1.807, 2.05) is 0 Å². The zero-order valence-electron chi connectivity index (χ0n) is 41.4. The predicted octanol–water partition coefficient (Wildman–Crippen LogP) is 17.7. The maximum atomic E-state index is 12.8. The molecule has 6 nitrogen and oxygen atoms in total. The summed E-state index contributed by atoms with van der Waals surface area (Å²) in [6, 6.07) is 0. The molecule has 0 bridgehead atoms. The van der Waals surface area contributed by atoms with Gasteiger partial charge in [0.15, 0.2) is 6.10 Å². The molecule has 0 radical (unpaired) electrons. The minimum absolute atomic E-state index is 0.0812. The first kappa shape index (κ1) is 59.6. The lowest BCUT2D eigenvalue weighted by Crippen LogP contribution is -2.30. The Kier molecular flexibility index (Phi) is 49.3. The van der Waals surface area contributed by atoms with Crippen LogP contribution in [0.5, 0.6) is 0 Å². The van der Waals surface area contributed by atoms with E-state index in [4.69, 9.17) is 14.2 Å². The molecule has 362 valence electrons. The van der Waals surface area contributed by atoms with Crippen molar-refractivity contribution in [3.8, 4) is 0 Å². The summed E-state index contributed by atoms with van der Waals surface area (Å²) in [5, 5.41) is 0. The molecule has 0 saturated heterocycles. The van der Waals surface area contributed by atoms with Gasteiger partial charge in [0.1, 0.15) is 13.2 Å². The Labute approximate surface area is 385 Å². The van der Waals surface area contributed by atoms with Gasteiger partial charge in [-0.25, -0.2) is 0 Å². The molecule has 0 spiro atoms. The molecular formula is C56H102O6. The standard InChI is InChI=1S/C56H102O6/c1-4-7-10-13-16-19-22-25-27-29-31-34-37-40-43-46-49-55(58)61-52-53(51-60-54(57)48-45-42-39-36-33-30-24-21-18-15-12-9-6-3)62-56(59)50-47-44-41-38-35-32-28-26-23-20-17-14-11-8-5-2/h20,23,27,29-30,33,53H,4-19,21-22,24-26,28,31-32,34-52H2,1-3H3/b23-20-,29-27-,33-30-. The number of carbonyl (C=O) groups is 3. The molecule has 0 fully saturated rings. The van der Waals surface area contributed by atoms with Crippen LogP contribution in [0.2, 0.25) is 0 Å². The first-order valence-corrected chi connectivity index (χ1v) is 27.0. The highest BCUT2D eigenvalue weighted by atomic mass is 16.6. The van der Waals surface area contributed by atoms with Gasteiger partial charge in [-0.15, -0.1) is 0 Å². The fourth-order valence-corrected chi connectivity index (χ4v) is 7.72. The molecule has 0 amide bonds. The Bertz CT molecular complexity index is 1050. The minimum atomic E-state index is -0.781. The van der Waals surface area contributed by atoms with Crippen LogP contribution in [0.25, 0.3) is 0 Å². The fraction of sp³-hybridized carbons (Fsp3) is 0.839. The smallest absolute Gasteiger partial charge is 0.306 e. The van der Waals surface area contributed by atoms with Gasteiger partial charge in [0.05, 0.1) is 0 Å². The minimum Gasteiger partial charge on any atom is -0.462 e. The zero-order chi connectivity index (χ0) is 45.1. The van der Waals surface area contributed by atoms with Crippen molar-refractivity contribution in [2.45, 2.75) is 290 Å². The van der Waals surface area contributed by atoms with Crippen LogP contribution in [0.1, 0.15) is 284 Å². The predicted molar refractivity (Wildman–Crippen MR) is 266 cm³/mol. The Balaban J connectivity index is 4.39. The molecule has 0 heterocycles. The largest absolute Gasteiger partial charge is 0.462 e. The third-order valence-electron chi connectivity index (χ3n) is 11.8. The first-order chi connectivity index (χ1) is 30.5. The number of hydrogen-bond acceptors (Lipinski definition) is 6. The number of carbonyl (C=O) groups excluding carboxylic acids is 3. The summed E-state index contributed by atoms with van der Waals surface area (Å²) in [5.41, 5.74) is 0. The van der Waals surface area contributed by atoms with E-state index in [-0.39, 0.29) is 31.1 Å². The van der Waals surface area contributed by atoms with E-state index in [0.717, 1.165) is 77.0 Å². The van der Waals surface area contributed by atoms with Gasteiger partial charge in [0.25, 0.3) is 0 Å². The normalized spacial score (nSPS) is 12.2. The molecule has 0 aliphatic rings. The van der Waals surface area contributed by atoms with Crippen LogP contribution in [0, 0.1) is 0 Å². The van der Waals surface area contributed by atoms with Crippen molar-refractivity contribution in [1.29, 1.82) is 0 Å². The van der Waals surface area contributed by atoms with Gasteiger partial charge in [0, 0.05) is 19.3 Å². The Morgan fingerprint density at radius 1 is 0.306 bits per heavy atom. The van der Waals surface area contributed by atoms with E-state index in [2.05, 4.69) is 57.2 Å². The van der Waals surface area contributed by atoms with Crippen molar-refractivity contribution in [3.05, 3.63) is 36.5 Å². The van der Waals surface area contributed by atoms with Gasteiger partial charge < -0.3 is 14.2 Å². The van der Waals surface area contributed by atoms with E-state index in [1.165, 1.54) is 167 Å². The molecule has 0 aliphatic carbocycles. The highest BCUT2D eigenvalue weighted by Gasteiger charge is 2.19. The second-order valence-electron chi connectivity index (χ2n) is 18.1. The van der Waals surface area contributed by atoms with Crippen molar-refractivity contribution in [3.63, 3.8) is 0 Å². The molecular weight excluding hydrogens is 769 g/mol. The van der Waals surface area contributed by atoms with Crippen molar-refractivity contribution in [2.24, 2.45) is 0 Å². The van der Waals surface area contributed by atoms with Gasteiger partial charge in [-0.1, -0.05) is 205 Å². The number of esters is 3. The van der Waals surface area contributed by atoms with Crippen LogP contribution in [0.3, 0.4) is 0 Å². The molecule has 0 N–H and O–H groups in total. The van der Waals surface area contributed by atoms with Crippen LogP contribution in [0.4, 0.5) is 0 Å². The zero-order valence-corrected chi connectivity index (χ0v) is 41.4. The monoisotopic (exact) mass is 871 g/mol. The number of unbranched alkanes of at least 4 members (excludes halogenated alkanes) is 32. The molecule has 0 aromatic rings. The quantitative estimate of drug-likeness (QED) is 0.0262. The van der Waals surface area contributed by atoms with Crippen LogP contribution in [-0.4, -0.2) is 37.2 Å². The van der Waals surface area contributed by atoms with Crippen LogP contribution >= 0.6 is 0 Å². The maximum absolute atomic E-state index is 12.8. The van der Waals surface area contributed by atoms with Gasteiger partial charge in [0.2, 0.25) is 0 Å². The SMILES string of the molecule is CCCCCC/C=C\CCCCCCCCCC(=O)OC(COC(=O)CCCCC/C=C\CCCCCCCC)COC(=O)CCCCCCC/C=C\CCCCCCCCC. The van der Waals surface area contributed by atoms with Crippen LogP contribution in [0.15, 0.2) is 36.5 Å². The number of hydrogen-bond donors (Lipinski definition) is 0. The van der Waals surface area contributed by atoms with E-state index in [0.29, 0.717) is 19.3 Å². The molecule has 0 aliphatic heterocycles. The van der Waals surface area contributed by atoms with Gasteiger partial charge >= 0.3 is 17.9 Å². The van der Waals surface area contributed by atoms with E-state index in [1.54, 1.807) is 0 Å². The first-order valence-electron chi connectivity index (χ1n) is 27.0. The third kappa shape index (κ3) is 48.7. The van der Waals surface area contributed by atoms with E-state index in [9.17, 15) is 14.4 Å². The lowest BCUT2D eigenvalue weighted by Gasteiger charge is -2.18. The molecule has 1 unspecified atom stereocenters. The van der Waals surface area contributed by atoms with Crippen LogP contribution in [-0.2, 0) is 28.6 Å². The maximum Gasteiger partial charge on any atom is 0.306 e. The topological polar surface area (TPSA) is 78.9 Å². The van der Waals surface area contributed by atoms with Gasteiger partial charge in [-0.2, -0.15) is 0 Å². The summed E-state index contributed by atoms with van der Waals surface area (Å²) >= 11 is 0. The summed E-state index contributed by atoms with van der Waals surface area (Å²) in [5.74, 6) is -0.899. The fourth-order valence-electron chi connectivity index (χ4n) is 7.72. The molecule has 62 heavy (non-hydrogen) atoms. The van der Waals surface area contributed by atoms with Crippen molar-refractivity contribution in [2.75, 3.05) is 13.2 Å². The van der Waals surface area contributed by atoms with Crippen LogP contribution < -0.4 is 0 Å². The van der Waals surface area contributed by atoms with Gasteiger partial charge in [-0.3, -0.25) is 14.4 Å². The number of ether oxygens (including phenoxy) is 3. The van der Waals surface area contributed by atoms with Crippen molar-refractivity contribution >= 4 is 17.9 Å². The van der Waals surface area contributed by atoms with E-state index >= 15 is 0 Å². The van der Waals surface area contributed by atoms with E-state index < -0.39 is 6.10 Å². The molecule has 0 aromatic heterocycles.